The van der Waals surface area contributed by atoms with E-state index in [2.05, 4.69) is 5.32 Å². The van der Waals surface area contributed by atoms with Gasteiger partial charge in [0.15, 0.2) is 11.5 Å². The van der Waals surface area contributed by atoms with Crippen molar-refractivity contribution in [1.82, 2.24) is 5.32 Å². The Bertz CT molecular complexity index is 731. The molecule has 0 bridgehead atoms. The first kappa shape index (κ1) is 19.1. The highest BCUT2D eigenvalue weighted by molar-refractivity contribution is 6.31. The van der Waals surface area contributed by atoms with Crippen LogP contribution in [-0.4, -0.2) is 24.2 Å². The summed E-state index contributed by atoms with van der Waals surface area (Å²) in [4.78, 5) is 10.9. The van der Waals surface area contributed by atoms with Gasteiger partial charge in [0.05, 0.1) is 7.11 Å². The fraction of sp³-hybridized carbons (Fsp3) is 0.316. The number of benzene rings is 2. The highest BCUT2D eigenvalue weighted by Gasteiger charge is 2.14. The third kappa shape index (κ3) is 5.37. The molecular weight excluding hydrogens is 342 g/mol. The molecule has 5 nitrogen and oxygen atoms in total. The van der Waals surface area contributed by atoms with Crippen LogP contribution in [0, 0.1) is 6.92 Å². The van der Waals surface area contributed by atoms with Gasteiger partial charge in [-0.1, -0.05) is 41.4 Å². The van der Waals surface area contributed by atoms with Crippen LogP contribution in [0.15, 0.2) is 36.4 Å². The van der Waals surface area contributed by atoms with Crippen molar-refractivity contribution in [2.75, 3.05) is 7.11 Å². The molecule has 1 unspecified atom stereocenters. The van der Waals surface area contributed by atoms with Gasteiger partial charge in [0.25, 0.3) is 0 Å². The van der Waals surface area contributed by atoms with Crippen LogP contribution in [0.25, 0.3) is 0 Å². The van der Waals surface area contributed by atoms with Gasteiger partial charge in [-0.25, -0.2) is 0 Å². The summed E-state index contributed by atoms with van der Waals surface area (Å²) >= 11 is 6.30. The van der Waals surface area contributed by atoms with Crippen molar-refractivity contribution in [3.05, 3.63) is 58.1 Å². The smallest absolute Gasteiger partial charge is 0.320 e. The van der Waals surface area contributed by atoms with Crippen LogP contribution in [0.2, 0.25) is 5.02 Å². The van der Waals surface area contributed by atoms with Crippen molar-refractivity contribution in [3.63, 3.8) is 0 Å². The summed E-state index contributed by atoms with van der Waals surface area (Å²) in [5, 5.41) is 12.3. The Kier molecular flexibility index (Phi) is 6.67. The van der Waals surface area contributed by atoms with Crippen LogP contribution in [0.1, 0.15) is 23.6 Å². The zero-order valence-corrected chi connectivity index (χ0v) is 15.3. The second kappa shape index (κ2) is 8.74. The maximum absolute atomic E-state index is 10.9. The van der Waals surface area contributed by atoms with Gasteiger partial charge in [0, 0.05) is 17.6 Å². The van der Waals surface area contributed by atoms with E-state index < -0.39 is 12.0 Å². The van der Waals surface area contributed by atoms with E-state index in [1.54, 1.807) is 26.2 Å². The number of aliphatic carboxylic acids is 1. The van der Waals surface area contributed by atoms with Crippen LogP contribution >= 0.6 is 11.6 Å². The predicted molar refractivity (Wildman–Crippen MR) is 97.5 cm³/mol. The Balaban J connectivity index is 2.09. The minimum absolute atomic E-state index is 0.320. The van der Waals surface area contributed by atoms with Crippen LogP contribution in [0.3, 0.4) is 0 Å². The molecule has 0 amide bonds. The van der Waals surface area contributed by atoms with E-state index in [1.807, 2.05) is 31.2 Å². The quantitative estimate of drug-likeness (QED) is 0.746. The van der Waals surface area contributed by atoms with Crippen molar-refractivity contribution < 1.29 is 19.4 Å². The van der Waals surface area contributed by atoms with Gasteiger partial charge < -0.3 is 19.9 Å². The topological polar surface area (TPSA) is 67.8 Å². The van der Waals surface area contributed by atoms with Crippen LogP contribution in [0.4, 0.5) is 0 Å². The van der Waals surface area contributed by atoms with E-state index in [9.17, 15) is 4.79 Å². The molecule has 2 N–H and O–H groups in total. The molecule has 0 saturated heterocycles. The molecule has 0 aliphatic rings. The number of carboxylic acid groups (broad SMARTS) is 1. The van der Waals surface area contributed by atoms with Crippen LogP contribution in [-0.2, 0) is 17.9 Å². The van der Waals surface area contributed by atoms with E-state index >= 15 is 0 Å². The SMILES string of the molecule is COc1cc(CNC(C)C(=O)O)c(Cl)cc1OCc1ccc(C)cc1. The Morgan fingerprint density at radius 2 is 1.92 bits per heavy atom. The summed E-state index contributed by atoms with van der Waals surface area (Å²) in [6.07, 6.45) is 0. The van der Waals surface area contributed by atoms with Gasteiger partial charge >= 0.3 is 5.97 Å². The molecule has 0 heterocycles. The summed E-state index contributed by atoms with van der Waals surface area (Å²) in [6.45, 7) is 4.33. The minimum atomic E-state index is -0.916. The summed E-state index contributed by atoms with van der Waals surface area (Å²) in [5.74, 6) is 0.181. The van der Waals surface area contributed by atoms with Gasteiger partial charge in [0.1, 0.15) is 12.6 Å². The van der Waals surface area contributed by atoms with Gasteiger partial charge in [-0.2, -0.15) is 0 Å². The van der Waals surface area contributed by atoms with Gasteiger partial charge in [-0.15, -0.1) is 0 Å². The summed E-state index contributed by atoms with van der Waals surface area (Å²) < 4.78 is 11.2. The third-order valence-electron chi connectivity index (χ3n) is 3.82. The molecule has 0 fully saturated rings. The van der Waals surface area contributed by atoms with E-state index in [4.69, 9.17) is 26.2 Å². The van der Waals surface area contributed by atoms with Gasteiger partial charge in [-0.05, 0) is 31.0 Å². The first-order valence-corrected chi connectivity index (χ1v) is 8.29. The lowest BCUT2D eigenvalue weighted by Gasteiger charge is -2.15. The lowest BCUT2D eigenvalue weighted by Crippen LogP contribution is -2.33. The molecule has 0 radical (unpaired) electrons. The molecule has 2 aromatic carbocycles. The standard InChI is InChI=1S/C19H22ClNO4/c1-12-4-6-14(7-5-12)11-25-18-9-16(20)15(8-17(18)24-3)10-21-13(2)19(22)23/h4-9,13,21H,10-11H2,1-3H3,(H,22,23). The molecule has 25 heavy (non-hydrogen) atoms. The van der Waals surface area contributed by atoms with Crippen molar-refractivity contribution in [2.24, 2.45) is 0 Å². The van der Waals surface area contributed by atoms with Gasteiger partial charge in [-0.3, -0.25) is 4.79 Å². The highest BCUT2D eigenvalue weighted by Crippen LogP contribution is 2.34. The fourth-order valence-corrected chi connectivity index (χ4v) is 2.40. The Morgan fingerprint density at radius 3 is 2.52 bits per heavy atom. The second-order valence-corrected chi connectivity index (χ2v) is 6.22. The normalized spacial score (nSPS) is 11.8. The fourth-order valence-electron chi connectivity index (χ4n) is 2.18. The molecule has 134 valence electrons. The number of ether oxygens (including phenoxy) is 2. The van der Waals surface area contributed by atoms with Crippen molar-refractivity contribution >= 4 is 17.6 Å². The maximum atomic E-state index is 10.9. The first-order valence-electron chi connectivity index (χ1n) is 7.91. The minimum Gasteiger partial charge on any atom is -0.493 e. The lowest BCUT2D eigenvalue weighted by atomic mass is 10.1. The Morgan fingerprint density at radius 1 is 1.24 bits per heavy atom. The zero-order chi connectivity index (χ0) is 18.4. The Labute approximate surface area is 152 Å². The summed E-state index contributed by atoms with van der Waals surface area (Å²) in [5.41, 5.74) is 2.98. The molecule has 2 rings (SSSR count). The number of aryl methyl sites for hydroxylation is 1. The van der Waals surface area contributed by atoms with Crippen molar-refractivity contribution in [3.8, 4) is 11.5 Å². The Hall–Kier alpha value is -2.24. The number of methoxy groups -OCH3 is 1. The number of halogens is 1. The van der Waals surface area contributed by atoms with Crippen molar-refractivity contribution in [2.45, 2.75) is 33.0 Å². The zero-order valence-electron chi connectivity index (χ0n) is 14.5. The number of carboxylic acids is 1. The number of nitrogens with one attached hydrogen (secondary N) is 1. The average Bonchev–Trinajstić information content (AvgIpc) is 2.59. The largest absolute Gasteiger partial charge is 0.493 e. The van der Waals surface area contributed by atoms with Crippen LogP contribution in [0.5, 0.6) is 11.5 Å². The number of hydrogen-bond donors (Lipinski definition) is 2. The molecule has 1 atom stereocenters. The van der Waals surface area contributed by atoms with Crippen molar-refractivity contribution in [1.29, 1.82) is 0 Å². The summed E-state index contributed by atoms with van der Waals surface area (Å²) in [6, 6.07) is 10.9. The molecular formula is C19H22ClNO4. The molecule has 0 aromatic heterocycles. The number of carbonyl (C=O) groups is 1. The summed E-state index contributed by atoms with van der Waals surface area (Å²) in [7, 11) is 1.55. The van der Waals surface area contributed by atoms with Gasteiger partial charge in [0.2, 0.25) is 0 Å². The molecule has 0 aliphatic carbocycles. The molecule has 0 saturated carbocycles. The molecule has 6 heteroatoms. The van der Waals surface area contributed by atoms with E-state index in [-0.39, 0.29) is 0 Å². The molecule has 0 spiro atoms. The monoisotopic (exact) mass is 363 g/mol. The van der Waals surface area contributed by atoms with E-state index in [0.717, 1.165) is 11.1 Å². The highest BCUT2D eigenvalue weighted by atomic mass is 35.5. The third-order valence-corrected chi connectivity index (χ3v) is 4.17. The number of hydrogen-bond acceptors (Lipinski definition) is 4. The van der Waals surface area contributed by atoms with Crippen LogP contribution < -0.4 is 14.8 Å². The molecule has 0 aliphatic heterocycles. The maximum Gasteiger partial charge on any atom is 0.320 e. The number of rotatable bonds is 8. The first-order chi connectivity index (χ1) is 11.9. The predicted octanol–water partition coefficient (Wildman–Crippen LogP) is 3.80. The van der Waals surface area contributed by atoms with E-state index in [1.165, 1.54) is 5.56 Å². The molecule has 2 aromatic rings. The average molecular weight is 364 g/mol. The lowest BCUT2D eigenvalue weighted by molar-refractivity contribution is -0.139. The van der Waals surface area contributed by atoms with E-state index in [0.29, 0.717) is 29.7 Å². The second-order valence-electron chi connectivity index (χ2n) is 5.81.